The van der Waals surface area contributed by atoms with E-state index in [0.29, 0.717) is 6.54 Å². The van der Waals surface area contributed by atoms with Gasteiger partial charge in [0.2, 0.25) is 5.91 Å². The molecule has 3 rings (SSSR count). The fourth-order valence-corrected chi connectivity index (χ4v) is 3.72. The van der Waals surface area contributed by atoms with Crippen LogP contribution in [0.15, 0.2) is 36.4 Å². The molecule has 144 valence electrons. The highest BCUT2D eigenvalue weighted by molar-refractivity contribution is 5.93. The molecule has 1 N–H and O–H groups in total. The van der Waals surface area contributed by atoms with E-state index in [4.69, 9.17) is 9.47 Å². The van der Waals surface area contributed by atoms with Crippen LogP contribution in [-0.4, -0.2) is 38.1 Å². The van der Waals surface area contributed by atoms with Crippen molar-refractivity contribution in [2.45, 2.75) is 32.7 Å². The summed E-state index contributed by atoms with van der Waals surface area (Å²) in [6, 6.07) is 12.1. The molecule has 0 aliphatic carbocycles. The van der Waals surface area contributed by atoms with E-state index in [-0.39, 0.29) is 11.9 Å². The average molecular weight is 368 g/mol. The number of carbonyl (C=O) groups excluding carboxylic acids is 1. The third-order valence-corrected chi connectivity index (χ3v) is 5.39. The summed E-state index contributed by atoms with van der Waals surface area (Å²) >= 11 is 0. The Labute approximate surface area is 161 Å². The summed E-state index contributed by atoms with van der Waals surface area (Å²) < 4.78 is 10.9. The minimum Gasteiger partial charge on any atom is -0.497 e. The third kappa shape index (κ3) is 4.25. The fraction of sp³-hybridized carbons (Fsp3) is 0.409. The number of amides is 1. The van der Waals surface area contributed by atoms with E-state index in [9.17, 15) is 4.79 Å². The van der Waals surface area contributed by atoms with E-state index in [1.807, 2.05) is 37.3 Å². The molecule has 2 aromatic rings. The number of carbonyl (C=O) groups is 1. The van der Waals surface area contributed by atoms with Crippen molar-refractivity contribution in [3.8, 4) is 11.5 Å². The Hall–Kier alpha value is -2.53. The summed E-state index contributed by atoms with van der Waals surface area (Å²) in [7, 11) is 3.32. The summed E-state index contributed by atoms with van der Waals surface area (Å²) in [4.78, 5) is 14.9. The molecule has 0 aromatic heterocycles. The van der Waals surface area contributed by atoms with Gasteiger partial charge in [0, 0.05) is 23.4 Å². The van der Waals surface area contributed by atoms with Crippen molar-refractivity contribution in [3.63, 3.8) is 0 Å². The average Bonchev–Trinajstić information content (AvgIpc) is 3.12. The lowest BCUT2D eigenvalue weighted by Crippen LogP contribution is -2.33. The van der Waals surface area contributed by atoms with Gasteiger partial charge in [-0.15, -0.1) is 0 Å². The van der Waals surface area contributed by atoms with Crippen LogP contribution >= 0.6 is 0 Å². The Balaban J connectivity index is 1.73. The predicted molar refractivity (Wildman–Crippen MR) is 108 cm³/mol. The first-order valence-corrected chi connectivity index (χ1v) is 9.35. The number of rotatable bonds is 6. The lowest BCUT2D eigenvalue weighted by molar-refractivity contribution is -0.117. The van der Waals surface area contributed by atoms with Crippen LogP contribution in [0.1, 0.15) is 35.6 Å². The standard InChI is InChI=1S/C22H28N2O3/c1-15-7-5-8-19(16(15)2)23-22(25)14-24-12-6-9-20(24)18-11-10-17(26-3)13-21(18)27-4/h5,7-8,10-11,13,20H,6,9,12,14H2,1-4H3,(H,23,25). The van der Waals surface area contributed by atoms with Gasteiger partial charge < -0.3 is 14.8 Å². The van der Waals surface area contributed by atoms with Gasteiger partial charge in [0.1, 0.15) is 11.5 Å². The zero-order chi connectivity index (χ0) is 19.4. The number of aryl methyl sites for hydroxylation is 1. The maximum Gasteiger partial charge on any atom is 0.238 e. The number of likely N-dealkylation sites (tertiary alicyclic amines) is 1. The fourth-order valence-electron chi connectivity index (χ4n) is 3.72. The maximum absolute atomic E-state index is 12.7. The summed E-state index contributed by atoms with van der Waals surface area (Å²) in [5, 5.41) is 3.06. The quantitative estimate of drug-likeness (QED) is 0.834. The number of ether oxygens (including phenoxy) is 2. The second-order valence-electron chi connectivity index (χ2n) is 7.03. The normalized spacial score (nSPS) is 17.0. The van der Waals surface area contributed by atoms with Crippen molar-refractivity contribution < 1.29 is 14.3 Å². The molecule has 0 spiro atoms. The molecular weight excluding hydrogens is 340 g/mol. The van der Waals surface area contributed by atoms with Crippen molar-refractivity contribution >= 4 is 11.6 Å². The molecule has 2 aromatic carbocycles. The van der Waals surface area contributed by atoms with Gasteiger partial charge in [-0.2, -0.15) is 0 Å². The number of nitrogens with zero attached hydrogens (tertiary/aromatic N) is 1. The zero-order valence-corrected chi connectivity index (χ0v) is 16.5. The molecule has 1 atom stereocenters. The molecule has 0 saturated carbocycles. The van der Waals surface area contributed by atoms with Gasteiger partial charge in [-0.25, -0.2) is 0 Å². The Bertz CT molecular complexity index is 819. The van der Waals surface area contributed by atoms with E-state index in [1.165, 1.54) is 5.56 Å². The monoisotopic (exact) mass is 368 g/mol. The Morgan fingerprint density at radius 1 is 1.19 bits per heavy atom. The molecular formula is C22H28N2O3. The van der Waals surface area contributed by atoms with Gasteiger partial charge in [-0.1, -0.05) is 18.2 Å². The van der Waals surface area contributed by atoms with Gasteiger partial charge in [-0.3, -0.25) is 9.69 Å². The first kappa shape index (κ1) is 19.2. The molecule has 1 heterocycles. The number of nitrogens with one attached hydrogen (secondary N) is 1. The molecule has 1 saturated heterocycles. The zero-order valence-electron chi connectivity index (χ0n) is 16.5. The predicted octanol–water partition coefficient (Wildman–Crippen LogP) is 4.10. The van der Waals surface area contributed by atoms with Gasteiger partial charge in [0.15, 0.2) is 0 Å². The van der Waals surface area contributed by atoms with Crippen molar-refractivity contribution in [3.05, 3.63) is 53.1 Å². The van der Waals surface area contributed by atoms with Crippen molar-refractivity contribution in [1.29, 1.82) is 0 Å². The van der Waals surface area contributed by atoms with Crippen LogP contribution < -0.4 is 14.8 Å². The number of benzene rings is 2. The molecule has 5 heteroatoms. The molecule has 0 bridgehead atoms. The van der Waals surface area contributed by atoms with E-state index in [1.54, 1.807) is 14.2 Å². The second kappa shape index (κ2) is 8.44. The molecule has 5 nitrogen and oxygen atoms in total. The van der Waals surface area contributed by atoms with Crippen LogP contribution in [-0.2, 0) is 4.79 Å². The number of hydrogen-bond acceptors (Lipinski definition) is 4. The molecule has 1 fully saturated rings. The molecule has 0 radical (unpaired) electrons. The summed E-state index contributed by atoms with van der Waals surface area (Å²) in [6.07, 6.45) is 2.08. The largest absolute Gasteiger partial charge is 0.497 e. The highest BCUT2D eigenvalue weighted by Gasteiger charge is 2.30. The Kier molecular flexibility index (Phi) is 6.01. The van der Waals surface area contributed by atoms with Crippen molar-refractivity contribution in [2.75, 3.05) is 32.6 Å². The maximum atomic E-state index is 12.7. The highest BCUT2D eigenvalue weighted by Crippen LogP contribution is 2.38. The SMILES string of the molecule is COc1ccc(C2CCCN2CC(=O)Nc2cccc(C)c2C)c(OC)c1. The summed E-state index contributed by atoms with van der Waals surface area (Å²) in [6.45, 7) is 5.36. The van der Waals surface area contributed by atoms with Crippen LogP contribution in [0.5, 0.6) is 11.5 Å². The lowest BCUT2D eigenvalue weighted by Gasteiger charge is -2.26. The van der Waals surface area contributed by atoms with E-state index in [0.717, 1.165) is 47.7 Å². The number of anilines is 1. The molecule has 1 aliphatic heterocycles. The van der Waals surface area contributed by atoms with Gasteiger partial charge >= 0.3 is 0 Å². The van der Waals surface area contributed by atoms with Crippen molar-refractivity contribution in [1.82, 2.24) is 4.90 Å². The first-order valence-electron chi connectivity index (χ1n) is 9.35. The third-order valence-electron chi connectivity index (χ3n) is 5.39. The number of methoxy groups -OCH3 is 2. The van der Waals surface area contributed by atoms with Crippen LogP contribution in [0, 0.1) is 13.8 Å². The van der Waals surface area contributed by atoms with Gasteiger partial charge in [-0.05, 0) is 56.5 Å². The Morgan fingerprint density at radius 2 is 2.00 bits per heavy atom. The van der Waals surface area contributed by atoms with E-state index >= 15 is 0 Å². The van der Waals surface area contributed by atoms with Crippen molar-refractivity contribution in [2.24, 2.45) is 0 Å². The summed E-state index contributed by atoms with van der Waals surface area (Å²) in [5.74, 6) is 1.59. The number of hydrogen-bond donors (Lipinski definition) is 1. The van der Waals surface area contributed by atoms with Gasteiger partial charge in [0.05, 0.1) is 20.8 Å². The van der Waals surface area contributed by atoms with Gasteiger partial charge in [0.25, 0.3) is 0 Å². The minimum absolute atomic E-state index is 0.0167. The van der Waals surface area contributed by atoms with Crippen LogP contribution in [0.2, 0.25) is 0 Å². The minimum atomic E-state index is 0.0167. The lowest BCUT2D eigenvalue weighted by atomic mass is 10.0. The molecule has 27 heavy (non-hydrogen) atoms. The molecule has 1 aliphatic rings. The van der Waals surface area contributed by atoms with Crippen LogP contribution in [0.4, 0.5) is 5.69 Å². The molecule has 1 unspecified atom stereocenters. The smallest absolute Gasteiger partial charge is 0.238 e. The van der Waals surface area contributed by atoms with Crippen LogP contribution in [0.25, 0.3) is 0 Å². The second-order valence-corrected chi connectivity index (χ2v) is 7.03. The first-order chi connectivity index (χ1) is 13.0. The molecule has 1 amide bonds. The highest BCUT2D eigenvalue weighted by atomic mass is 16.5. The Morgan fingerprint density at radius 3 is 2.74 bits per heavy atom. The topological polar surface area (TPSA) is 50.8 Å². The summed E-state index contributed by atoms with van der Waals surface area (Å²) in [5.41, 5.74) is 4.28. The van der Waals surface area contributed by atoms with Crippen LogP contribution in [0.3, 0.4) is 0 Å². The van der Waals surface area contributed by atoms with E-state index in [2.05, 4.69) is 23.2 Å². The van der Waals surface area contributed by atoms with E-state index < -0.39 is 0 Å².